The van der Waals surface area contributed by atoms with Gasteiger partial charge in [-0.3, -0.25) is 10.1 Å². The number of nitrogens with two attached hydrogens (primary N) is 1. The van der Waals surface area contributed by atoms with E-state index < -0.39 is 24.0 Å². The summed E-state index contributed by atoms with van der Waals surface area (Å²) in [5.41, 5.74) is 4.76. The third kappa shape index (κ3) is 5.07. The van der Waals surface area contributed by atoms with Crippen LogP contribution in [0.5, 0.6) is 0 Å². The minimum atomic E-state index is -1.12. The Kier molecular flexibility index (Phi) is 4.87. The molecule has 19 heavy (non-hydrogen) atoms. The molecule has 0 aliphatic heterocycles. The second-order valence-corrected chi connectivity index (χ2v) is 3.71. The average molecular weight is 266 g/mol. The SMILES string of the molecule is Cc1ccc(C=CC(=O)OC(C)C(=O)NC(N)=O)o1. The molecule has 1 atom stereocenters. The number of primary amides is 1. The second-order valence-electron chi connectivity index (χ2n) is 3.71. The number of esters is 1. The molecule has 102 valence electrons. The van der Waals surface area contributed by atoms with E-state index in [1.54, 1.807) is 24.4 Å². The molecule has 1 rings (SSSR count). The number of carbonyl (C=O) groups is 3. The van der Waals surface area contributed by atoms with Crippen LogP contribution in [0, 0.1) is 6.92 Å². The van der Waals surface area contributed by atoms with Crippen LogP contribution in [0.2, 0.25) is 0 Å². The Labute approximate surface area is 109 Å². The standard InChI is InChI=1S/C12H14N2O5/c1-7-3-4-9(18-7)5-6-10(15)19-8(2)11(16)14-12(13)17/h3-6,8H,1-2H3,(H3,13,14,16,17). The number of imide groups is 1. The van der Waals surface area contributed by atoms with E-state index in [0.29, 0.717) is 11.5 Å². The van der Waals surface area contributed by atoms with Crippen molar-refractivity contribution >= 4 is 24.0 Å². The minimum Gasteiger partial charge on any atom is -0.462 e. The summed E-state index contributed by atoms with van der Waals surface area (Å²) >= 11 is 0. The maximum atomic E-state index is 11.4. The number of rotatable bonds is 4. The van der Waals surface area contributed by atoms with Crippen LogP contribution < -0.4 is 11.1 Å². The molecule has 0 bridgehead atoms. The Morgan fingerprint density at radius 3 is 2.63 bits per heavy atom. The molecule has 3 amide bonds. The summed E-state index contributed by atoms with van der Waals surface area (Å²) in [7, 11) is 0. The highest BCUT2D eigenvalue weighted by atomic mass is 16.5. The van der Waals surface area contributed by atoms with Crippen molar-refractivity contribution < 1.29 is 23.5 Å². The Hall–Kier alpha value is -2.57. The summed E-state index contributed by atoms with van der Waals surface area (Å²) in [5.74, 6) is -0.324. The van der Waals surface area contributed by atoms with Gasteiger partial charge in [-0.1, -0.05) is 0 Å². The molecule has 0 saturated heterocycles. The maximum Gasteiger partial charge on any atom is 0.331 e. The van der Waals surface area contributed by atoms with Crippen molar-refractivity contribution in [2.24, 2.45) is 5.73 Å². The molecule has 1 unspecified atom stereocenters. The van der Waals surface area contributed by atoms with Gasteiger partial charge in [-0.15, -0.1) is 0 Å². The second kappa shape index (κ2) is 6.39. The first kappa shape index (κ1) is 14.5. The van der Waals surface area contributed by atoms with E-state index in [2.05, 4.69) is 0 Å². The molecule has 3 N–H and O–H groups in total. The van der Waals surface area contributed by atoms with Crippen LogP contribution in [0.3, 0.4) is 0 Å². The monoisotopic (exact) mass is 266 g/mol. The molecule has 0 aliphatic rings. The molecule has 0 spiro atoms. The number of aryl methyl sites for hydroxylation is 1. The number of amides is 3. The first-order chi connectivity index (χ1) is 8.88. The minimum absolute atomic E-state index is 0.490. The van der Waals surface area contributed by atoms with Crippen molar-refractivity contribution in [3.8, 4) is 0 Å². The summed E-state index contributed by atoms with van der Waals surface area (Å²) < 4.78 is 9.96. The molecular formula is C12H14N2O5. The van der Waals surface area contributed by atoms with E-state index in [9.17, 15) is 14.4 Å². The van der Waals surface area contributed by atoms with Crippen molar-refractivity contribution in [2.75, 3.05) is 0 Å². The van der Waals surface area contributed by atoms with Crippen LogP contribution in [0.25, 0.3) is 6.08 Å². The smallest absolute Gasteiger partial charge is 0.331 e. The molecule has 1 heterocycles. The van der Waals surface area contributed by atoms with E-state index in [-0.39, 0.29) is 0 Å². The van der Waals surface area contributed by atoms with Gasteiger partial charge in [0, 0.05) is 6.08 Å². The van der Waals surface area contributed by atoms with Crippen molar-refractivity contribution in [1.29, 1.82) is 0 Å². The summed E-state index contributed by atoms with van der Waals surface area (Å²) in [6.45, 7) is 3.09. The lowest BCUT2D eigenvalue weighted by Crippen LogP contribution is -2.42. The normalized spacial score (nSPS) is 12.1. The molecule has 1 aromatic heterocycles. The Balaban J connectivity index is 2.48. The summed E-state index contributed by atoms with van der Waals surface area (Å²) in [5, 5.41) is 1.81. The van der Waals surface area contributed by atoms with Crippen molar-refractivity contribution in [3.05, 3.63) is 29.7 Å². The number of nitrogens with one attached hydrogen (secondary N) is 1. The molecule has 0 fully saturated rings. The van der Waals surface area contributed by atoms with Gasteiger partial charge < -0.3 is 14.9 Å². The van der Waals surface area contributed by atoms with E-state index in [1.807, 2.05) is 0 Å². The molecule has 0 radical (unpaired) electrons. The predicted molar refractivity (Wildman–Crippen MR) is 65.8 cm³/mol. The van der Waals surface area contributed by atoms with Gasteiger partial charge in [-0.25, -0.2) is 9.59 Å². The van der Waals surface area contributed by atoms with Crippen LogP contribution >= 0.6 is 0 Å². The molecule has 0 aliphatic carbocycles. The van der Waals surface area contributed by atoms with E-state index >= 15 is 0 Å². The van der Waals surface area contributed by atoms with Gasteiger partial charge in [-0.05, 0) is 32.1 Å². The fourth-order valence-corrected chi connectivity index (χ4v) is 1.18. The first-order valence-corrected chi connectivity index (χ1v) is 5.44. The lowest BCUT2D eigenvalue weighted by molar-refractivity contribution is -0.149. The third-order valence-electron chi connectivity index (χ3n) is 2.05. The van der Waals surface area contributed by atoms with Crippen LogP contribution in [0.15, 0.2) is 22.6 Å². The molecule has 7 nitrogen and oxygen atoms in total. The van der Waals surface area contributed by atoms with Crippen LogP contribution in [-0.4, -0.2) is 24.0 Å². The maximum absolute atomic E-state index is 11.4. The number of urea groups is 1. The van der Waals surface area contributed by atoms with Crippen LogP contribution in [0.1, 0.15) is 18.4 Å². The van der Waals surface area contributed by atoms with Crippen molar-refractivity contribution in [2.45, 2.75) is 20.0 Å². The van der Waals surface area contributed by atoms with Crippen LogP contribution in [0.4, 0.5) is 4.79 Å². The number of ether oxygens (including phenoxy) is 1. The summed E-state index contributed by atoms with van der Waals surface area (Å²) in [6.07, 6.45) is 1.41. The predicted octanol–water partition coefficient (Wildman–Crippen LogP) is 0.728. The molecule has 1 aromatic rings. The van der Waals surface area contributed by atoms with E-state index in [0.717, 1.165) is 6.08 Å². The highest BCUT2D eigenvalue weighted by Crippen LogP contribution is 2.08. The van der Waals surface area contributed by atoms with E-state index in [1.165, 1.54) is 13.0 Å². The zero-order chi connectivity index (χ0) is 14.4. The number of carbonyl (C=O) groups excluding carboxylic acids is 3. The van der Waals surface area contributed by atoms with Gasteiger partial charge in [0.25, 0.3) is 5.91 Å². The zero-order valence-corrected chi connectivity index (χ0v) is 10.5. The highest BCUT2D eigenvalue weighted by Gasteiger charge is 2.17. The Morgan fingerprint density at radius 2 is 2.11 bits per heavy atom. The number of hydrogen-bond donors (Lipinski definition) is 2. The largest absolute Gasteiger partial charge is 0.462 e. The highest BCUT2D eigenvalue weighted by molar-refractivity contribution is 5.97. The Morgan fingerprint density at radius 1 is 1.42 bits per heavy atom. The van der Waals surface area contributed by atoms with Crippen LogP contribution in [-0.2, 0) is 14.3 Å². The lowest BCUT2D eigenvalue weighted by atomic mass is 10.3. The van der Waals surface area contributed by atoms with Gasteiger partial charge in [-0.2, -0.15) is 0 Å². The third-order valence-corrected chi connectivity index (χ3v) is 2.05. The summed E-state index contributed by atoms with van der Waals surface area (Å²) in [4.78, 5) is 33.0. The van der Waals surface area contributed by atoms with Gasteiger partial charge in [0.15, 0.2) is 6.10 Å². The fraction of sp³-hybridized carbons (Fsp3) is 0.250. The number of furan rings is 1. The number of hydrogen-bond acceptors (Lipinski definition) is 5. The Bertz CT molecular complexity index is 518. The van der Waals surface area contributed by atoms with Crippen molar-refractivity contribution in [3.63, 3.8) is 0 Å². The molecule has 0 saturated carbocycles. The average Bonchev–Trinajstić information content (AvgIpc) is 2.71. The first-order valence-electron chi connectivity index (χ1n) is 5.44. The summed E-state index contributed by atoms with van der Waals surface area (Å²) in [6, 6.07) is 2.42. The zero-order valence-electron chi connectivity index (χ0n) is 10.5. The van der Waals surface area contributed by atoms with E-state index in [4.69, 9.17) is 14.9 Å². The fourth-order valence-electron chi connectivity index (χ4n) is 1.18. The van der Waals surface area contributed by atoms with Crippen molar-refractivity contribution in [1.82, 2.24) is 5.32 Å². The lowest BCUT2D eigenvalue weighted by Gasteiger charge is -2.09. The van der Waals surface area contributed by atoms with Gasteiger partial charge >= 0.3 is 12.0 Å². The molecule has 7 heteroatoms. The topological polar surface area (TPSA) is 112 Å². The van der Waals surface area contributed by atoms with Gasteiger partial charge in [0.05, 0.1) is 0 Å². The van der Waals surface area contributed by atoms with Gasteiger partial charge in [0.1, 0.15) is 11.5 Å². The molecule has 0 aromatic carbocycles. The quantitative estimate of drug-likeness (QED) is 0.616. The molecular weight excluding hydrogens is 252 g/mol. The van der Waals surface area contributed by atoms with Gasteiger partial charge in [0.2, 0.25) is 0 Å².